The van der Waals surface area contributed by atoms with Gasteiger partial charge in [-0.25, -0.2) is 4.79 Å². The van der Waals surface area contributed by atoms with Crippen molar-refractivity contribution < 1.29 is 29.6 Å². The summed E-state index contributed by atoms with van der Waals surface area (Å²) in [5.74, 6) is 0.369. The molecule has 0 aromatic heterocycles. The van der Waals surface area contributed by atoms with E-state index in [1.165, 1.54) is 11.6 Å². The Morgan fingerprint density at radius 2 is 1.64 bits per heavy atom. The number of rotatable bonds is 5. The second kappa shape index (κ2) is 11.0. The van der Waals surface area contributed by atoms with Crippen LogP contribution in [0.2, 0.25) is 0 Å². The first kappa shape index (κ1) is 32.3. The van der Waals surface area contributed by atoms with Gasteiger partial charge in [0.05, 0.1) is 5.41 Å². The molecule has 4 fully saturated rings. The lowest BCUT2D eigenvalue weighted by Crippen LogP contribution is -2.65. The molecule has 0 saturated heterocycles. The first-order chi connectivity index (χ1) is 21.1. The zero-order valence-corrected chi connectivity index (χ0v) is 28.1. The quantitative estimate of drug-likeness (QED) is 0.175. The highest BCUT2D eigenvalue weighted by Crippen LogP contribution is 2.75. The van der Waals surface area contributed by atoms with Gasteiger partial charge in [0.2, 0.25) is 0 Å². The Hall–Kier alpha value is -2.60. The maximum Gasteiger partial charge on any atom is 0.331 e. The van der Waals surface area contributed by atoms with E-state index in [4.69, 9.17) is 4.74 Å². The topological polar surface area (TPSA) is 104 Å². The van der Waals surface area contributed by atoms with Gasteiger partial charge in [0.15, 0.2) is 0 Å². The summed E-state index contributed by atoms with van der Waals surface area (Å²) in [6.45, 7) is 14.4. The number of phenols is 1. The SMILES string of the molecule is C[C@H]1[C@H](CO)CC[C@]2(C(=O)O)CC[C@]3(C)C(=CC[C@@H]4[C@@]5(C)CCC(OC(=O)/C=C/c6ccc(O)cc6)C(C)(C)[C@@H]5CC[C@]43C)[C@H]12. The number of carbonyl (C=O) groups is 2. The lowest BCUT2D eigenvalue weighted by Gasteiger charge is -2.71. The summed E-state index contributed by atoms with van der Waals surface area (Å²) in [6.07, 6.45) is 13.6. The van der Waals surface area contributed by atoms with Crippen LogP contribution in [-0.2, 0) is 14.3 Å². The Bertz CT molecular complexity index is 1390. The summed E-state index contributed by atoms with van der Waals surface area (Å²) in [5.41, 5.74) is 1.36. The van der Waals surface area contributed by atoms with Crippen molar-refractivity contribution in [3.05, 3.63) is 47.6 Å². The van der Waals surface area contributed by atoms with Gasteiger partial charge in [0.1, 0.15) is 11.9 Å². The minimum Gasteiger partial charge on any atom is -0.508 e. The van der Waals surface area contributed by atoms with Crippen LogP contribution in [0.3, 0.4) is 0 Å². The van der Waals surface area contributed by atoms with Gasteiger partial charge in [0, 0.05) is 18.1 Å². The average Bonchev–Trinajstić information content (AvgIpc) is 2.98. The molecule has 6 nitrogen and oxygen atoms in total. The lowest BCUT2D eigenvalue weighted by atomic mass is 9.33. The van der Waals surface area contributed by atoms with E-state index in [9.17, 15) is 24.9 Å². The Labute approximate surface area is 269 Å². The van der Waals surface area contributed by atoms with Crippen LogP contribution in [0.4, 0.5) is 0 Å². The van der Waals surface area contributed by atoms with E-state index in [0.29, 0.717) is 24.7 Å². The molecule has 6 rings (SSSR count). The molecule has 45 heavy (non-hydrogen) atoms. The van der Waals surface area contributed by atoms with Gasteiger partial charge >= 0.3 is 11.9 Å². The third kappa shape index (κ3) is 4.66. The molecule has 0 heterocycles. The van der Waals surface area contributed by atoms with Crippen LogP contribution in [0.1, 0.15) is 105 Å². The second-order valence-corrected chi connectivity index (χ2v) is 16.8. The average molecular weight is 619 g/mol. The number of carboxylic acid groups (broad SMARTS) is 1. The van der Waals surface area contributed by atoms with Gasteiger partial charge in [-0.2, -0.15) is 0 Å². The van der Waals surface area contributed by atoms with Crippen molar-refractivity contribution in [1.29, 1.82) is 0 Å². The van der Waals surface area contributed by atoms with E-state index < -0.39 is 11.4 Å². The summed E-state index contributed by atoms with van der Waals surface area (Å²) in [5, 5.41) is 30.5. The normalized spacial score (nSPS) is 43.7. The Morgan fingerprint density at radius 1 is 0.933 bits per heavy atom. The van der Waals surface area contributed by atoms with E-state index in [2.05, 4.69) is 47.6 Å². The van der Waals surface area contributed by atoms with Gasteiger partial charge < -0.3 is 20.1 Å². The summed E-state index contributed by atoms with van der Waals surface area (Å²) < 4.78 is 6.18. The van der Waals surface area contributed by atoms with E-state index in [-0.39, 0.29) is 63.8 Å². The minimum atomic E-state index is -0.721. The number of hydrogen-bond donors (Lipinski definition) is 3. The summed E-state index contributed by atoms with van der Waals surface area (Å²) >= 11 is 0. The van der Waals surface area contributed by atoms with Crippen molar-refractivity contribution in [3.8, 4) is 5.75 Å². The smallest absolute Gasteiger partial charge is 0.331 e. The van der Waals surface area contributed by atoms with Gasteiger partial charge in [-0.1, -0.05) is 65.3 Å². The molecule has 10 atom stereocenters. The molecule has 0 spiro atoms. The number of ether oxygens (including phenoxy) is 1. The number of carbonyl (C=O) groups excluding carboxylic acids is 1. The standard InChI is InChI=1S/C39H54O6/c1-24-26(23-40)15-20-39(34(43)44)22-21-37(5)28(33(24)39)12-13-30-36(4)18-17-31(35(2,3)29(36)16-19-38(30,37)6)45-32(42)14-9-25-7-10-27(41)11-8-25/h7-12,14,24,26,29-31,33,40-41H,13,15-23H2,1-6H3,(H,43,44)/b14-9+/t24-,26-,29-,30+,31?,33-,36-,37+,38+,39-/m0/s1. The number of aliphatic carboxylic acids is 1. The van der Waals surface area contributed by atoms with Crippen LogP contribution in [0.15, 0.2) is 42.0 Å². The zero-order chi connectivity index (χ0) is 32.6. The Morgan fingerprint density at radius 3 is 2.31 bits per heavy atom. The highest BCUT2D eigenvalue weighted by atomic mass is 16.5. The molecule has 1 unspecified atom stereocenters. The fourth-order valence-corrected chi connectivity index (χ4v) is 12.1. The number of allylic oxidation sites excluding steroid dienone is 2. The third-order valence-corrected chi connectivity index (χ3v) is 14.9. The maximum absolute atomic E-state index is 13.0. The molecule has 5 aliphatic carbocycles. The fraction of sp³-hybridized carbons (Fsp3) is 0.692. The maximum atomic E-state index is 13.0. The lowest BCUT2D eigenvalue weighted by molar-refractivity contribution is -0.213. The van der Waals surface area contributed by atoms with Gasteiger partial charge in [-0.15, -0.1) is 0 Å². The van der Waals surface area contributed by atoms with E-state index >= 15 is 0 Å². The number of hydrogen-bond acceptors (Lipinski definition) is 5. The molecule has 0 radical (unpaired) electrons. The molecule has 3 N–H and O–H groups in total. The highest BCUT2D eigenvalue weighted by Gasteiger charge is 2.69. The van der Waals surface area contributed by atoms with Crippen LogP contribution in [-0.4, -0.2) is 40.0 Å². The predicted octanol–water partition coefficient (Wildman–Crippen LogP) is 8.03. The van der Waals surface area contributed by atoms with Crippen LogP contribution < -0.4 is 0 Å². The molecule has 1 aromatic rings. The van der Waals surface area contributed by atoms with E-state index in [0.717, 1.165) is 50.5 Å². The van der Waals surface area contributed by atoms with Gasteiger partial charge in [-0.3, -0.25) is 4.79 Å². The Kier molecular flexibility index (Phi) is 7.90. The molecule has 5 aliphatic rings. The molecule has 6 heteroatoms. The summed E-state index contributed by atoms with van der Waals surface area (Å²) in [7, 11) is 0. The number of phenolic OH excluding ortho intramolecular Hbond substituents is 1. The van der Waals surface area contributed by atoms with Crippen LogP contribution in [0.5, 0.6) is 5.75 Å². The predicted molar refractivity (Wildman–Crippen MR) is 175 cm³/mol. The number of benzene rings is 1. The number of aliphatic hydroxyl groups excluding tert-OH is 1. The number of esters is 1. The van der Waals surface area contributed by atoms with Crippen molar-refractivity contribution in [3.63, 3.8) is 0 Å². The molecular weight excluding hydrogens is 564 g/mol. The largest absolute Gasteiger partial charge is 0.508 e. The first-order valence-electron chi connectivity index (χ1n) is 17.4. The Balaban J connectivity index is 1.27. The zero-order valence-electron chi connectivity index (χ0n) is 28.1. The van der Waals surface area contributed by atoms with Crippen molar-refractivity contribution >= 4 is 18.0 Å². The second-order valence-electron chi connectivity index (χ2n) is 16.8. The van der Waals surface area contributed by atoms with Gasteiger partial charge in [0.25, 0.3) is 0 Å². The molecule has 246 valence electrons. The van der Waals surface area contributed by atoms with Crippen molar-refractivity contribution in [2.75, 3.05) is 6.61 Å². The molecule has 1 aromatic carbocycles. The number of aliphatic hydroxyl groups is 1. The summed E-state index contributed by atoms with van der Waals surface area (Å²) in [4.78, 5) is 26.0. The molecule has 0 bridgehead atoms. The number of carboxylic acids is 1. The monoisotopic (exact) mass is 618 g/mol. The van der Waals surface area contributed by atoms with Gasteiger partial charge in [-0.05, 0) is 127 Å². The number of fused-ring (bicyclic) bond motifs is 7. The number of aromatic hydroxyl groups is 1. The van der Waals surface area contributed by atoms with E-state index in [1.807, 2.05) is 0 Å². The third-order valence-electron chi connectivity index (χ3n) is 14.9. The van der Waals surface area contributed by atoms with Crippen LogP contribution in [0, 0.1) is 56.7 Å². The molecular formula is C39H54O6. The van der Waals surface area contributed by atoms with E-state index in [1.54, 1.807) is 30.3 Å². The minimum absolute atomic E-state index is 0.0239. The van der Waals surface area contributed by atoms with Crippen molar-refractivity contribution in [1.82, 2.24) is 0 Å². The fourth-order valence-electron chi connectivity index (χ4n) is 12.1. The molecule has 0 aliphatic heterocycles. The highest BCUT2D eigenvalue weighted by molar-refractivity contribution is 5.87. The summed E-state index contributed by atoms with van der Waals surface area (Å²) in [6, 6.07) is 6.75. The van der Waals surface area contributed by atoms with Crippen LogP contribution >= 0.6 is 0 Å². The molecule has 0 amide bonds. The van der Waals surface area contributed by atoms with Crippen molar-refractivity contribution in [2.45, 2.75) is 105 Å². The first-order valence-corrected chi connectivity index (χ1v) is 17.4. The van der Waals surface area contributed by atoms with Crippen molar-refractivity contribution in [2.24, 2.45) is 56.7 Å². The molecule has 4 saturated carbocycles. The van der Waals surface area contributed by atoms with Crippen LogP contribution in [0.25, 0.3) is 6.08 Å².